The van der Waals surface area contributed by atoms with Gasteiger partial charge in [0.15, 0.2) is 17.5 Å². The molecule has 168 valence electrons. The van der Waals surface area contributed by atoms with E-state index in [0.717, 1.165) is 37.5 Å². The average molecular weight is 523 g/mol. The van der Waals surface area contributed by atoms with Gasteiger partial charge in [-0.2, -0.15) is 0 Å². The van der Waals surface area contributed by atoms with Crippen LogP contribution in [0.1, 0.15) is 39.2 Å². The molecule has 1 unspecified atom stereocenters. The van der Waals surface area contributed by atoms with Gasteiger partial charge in [0.1, 0.15) is 0 Å². The molecule has 29 heavy (non-hydrogen) atoms. The molecule has 1 atom stereocenters. The van der Waals surface area contributed by atoms with E-state index < -0.39 is 0 Å². The Hall–Kier alpha value is -1.42. The lowest BCUT2D eigenvalue weighted by molar-refractivity contribution is 0.243. The van der Waals surface area contributed by atoms with Gasteiger partial charge in [-0.15, -0.1) is 24.0 Å². The third-order valence-corrected chi connectivity index (χ3v) is 4.44. The van der Waals surface area contributed by atoms with Crippen molar-refractivity contribution < 1.29 is 19.3 Å². The Balaban J connectivity index is 0.00000784. The number of halogens is 1. The number of rotatable bonds is 12. The predicted molar refractivity (Wildman–Crippen MR) is 129 cm³/mol. The van der Waals surface area contributed by atoms with Gasteiger partial charge in [-0.3, -0.25) is 0 Å². The predicted octanol–water partition coefficient (Wildman–Crippen LogP) is 3.43. The number of guanidine groups is 1. The lowest BCUT2D eigenvalue weighted by atomic mass is 9.94. The molecule has 3 N–H and O–H groups in total. The van der Waals surface area contributed by atoms with Gasteiger partial charge in [-0.05, 0) is 43.7 Å². The van der Waals surface area contributed by atoms with Crippen molar-refractivity contribution in [3.63, 3.8) is 0 Å². The molecule has 0 aliphatic rings. The summed E-state index contributed by atoms with van der Waals surface area (Å²) in [6.07, 6.45) is 1.85. The standard InChI is InChI=1S/C21H37N3O4.HI/c1-7-22-21(23-13-16(10-11-25)12-15(2)3)24-14-17-8-9-18(26-4)20(28-6)19(17)27-5;/h8-9,15-16,25H,7,10-14H2,1-6H3,(H2,22,23,24);1H. The molecule has 0 radical (unpaired) electrons. The molecule has 0 aromatic heterocycles. The van der Waals surface area contributed by atoms with E-state index in [2.05, 4.69) is 24.5 Å². The lowest BCUT2D eigenvalue weighted by Crippen LogP contribution is -2.40. The summed E-state index contributed by atoms with van der Waals surface area (Å²) in [5.74, 6) is 3.55. The van der Waals surface area contributed by atoms with Gasteiger partial charge >= 0.3 is 0 Å². The summed E-state index contributed by atoms with van der Waals surface area (Å²) >= 11 is 0. The van der Waals surface area contributed by atoms with Gasteiger partial charge in [0.25, 0.3) is 0 Å². The van der Waals surface area contributed by atoms with E-state index in [1.165, 1.54) is 0 Å². The molecule has 0 saturated carbocycles. The molecule has 0 heterocycles. The summed E-state index contributed by atoms with van der Waals surface area (Å²) < 4.78 is 16.3. The normalized spacial score (nSPS) is 12.2. The van der Waals surface area contributed by atoms with Crippen molar-refractivity contribution in [2.45, 2.75) is 40.2 Å². The fraction of sp³-hybridized carbons (Fsp3) is 0.667. The Labute approximate surface area is 192 Å². The summed E-state index contributed by atoms with van der Waals surface area (Å²) in [4.78, 5) is 4.69. The Morgan fingerprint density at radius 2 is 1.76 bits per heavy atom. The van der Waals surface area contributed by atoms with Crippen molar-refractivity contribution in [3.8, 4) is 17.2 Å². The maximum atomic E-state index is 9.31. The molecule has 8 heteroatoms. The van der Waals surface area contributed by atoms with Gasteiger partial charge in [0.05, 0.1) is 27.9 Å². The van der Waals surface area contributed by atoms with Crippen LogP contribution in [0.25, 0.3) is 0 Å². The second-order valence-corrected chi connectivity index (χ2v) is 7.08. The quantitative estimate of drug-likeness (QED) is 0.221. The van der Waals surface area contributed by atoms with Gasteiger partial charge in [-0.1, -0.05) is 13.8 Å². The lowest BCUT2D eigenvalue weighted by Gasteiger charge is -2.20. The number of aliphatic imine (C=N–C) groups is 1. The number of hydrogen-bond donors (Lipinski definition) is 3. The zero-order chi connectivity index (χ0) is 20.9. The van der Waals surface area contributed by atoms with Crippen molar-refractivity contribution in [2.24, 2.45) is 16.8 Å². The monoisotopic (exact) mass is 523 g/mol. The Morgan fingerprint density at radius 3 is 2.28 bits per heavy atom. The molecule has 0 fully saturated rings. The maximum Gasteiger partial charge on any atom is 0.203 e. The van der Waals surface area contributed by atoms with Crippen molar-refractivity contribution in [1.82, 2.24) is 10.6 Å². The van der Waals surface area contributed by atoms with Crippen LogP contribution in [0, 0.1) is 11.8 Å². The molecule has 1 rings (SSSR count). The van der Waals surface area contributed by atoms with Crippen LogP contribution < -0.4 is 24.8 Å². The molecule has 1 aromatic rings. The Morgan fingerprint density at radius 1 is 1.07 bits per heavy atom. The Kier molecular flexibility index (Phi) is 14.7. The SMILES string of the molecule is CCNC(=NCc1ccc(OC)c(OC)c1OC)NCC(CCO)CC(C)C.I. The topological polar surface area (TPSA) is 84.3 Å². The summed E-state index contributed by atoms with van der Waals surface area (Å²) in [5.41, 5.74) is 0.909. The van der Waals surface area contributed by atoms with E-state index in [4.69, 9.17) is 19.2 Å². The molecule has 7 nitrogen and oxygen atoms in total. The zero-order valence-corrected chi connectivity index (χ0v) is 20.9. The highest BCUT2D eigenvalue weighted by Crippen LogP contribution is 2.39. The molecule has 0 aliphatic heterocycles. The number of methoxy groups -OCH3 is 3. The number of nitrogens with zero attached hydrogens (tertiary/aromatic N) is 1. The van der Waals surface area contributed by atoms with Gasteiger partial charge in [0, 0.05) is 25.3 Å². The first kappa shape index (κ1) is 27.6. The molecule has 0 spiro atoms. The summed E-state index contributed by atoms with van der Waals surface area (Å²) in [7, 11) is 4.80. The summed E-state index contributed by atoms with van der Waals surface area (Å²) in [6.45, 7) is 8.62. The van der Waals surface area contributed by atoms with Crippen LogP contribution in [0.3, 0.4) is 0 Å². The van der Waals surface area contributed by atoms with Crippen LogP contribution >= 0.6 is 24.0 Å². The first-order chi connectivity index (χ1) is 13.5. The first-order valence-electron chi connectivity index (χ1n) is 9.91. The molecule has 0 amide bonds. The smallest absolute Gasteiger partial charge is 0.203 e. The van der Waals surface area contributed by atoms with E-state index in [0.29, 0.717) is 35.6 Å². The number of benzene rings is 1. The largest absolute Gasteiger partial charge is 0.493 e. The second-order valence-electron chi connectivity index (χ2n) is 7.08. The maximum absolute atomic E-state index is 9.31. The number of aliphatic hydroxyl groups excluding tert-OH is 1. The molecular weight excluding hydrogens is 485 g/mol. The van der Waals surface area contributed by atoms with Gasteiger partial charge in [-0.25, -0.2) is 4.99 Å². The van der Waals surface area contributed by atoms with Crippen LogP contribution in [0.2, 0.25) is 0 Å². The highest BCUT2D eigenvalue weighted by molar-refractivity contribution is 14.0. The van der Waals surface area contributed by atoms with E-state index in [-0.39, 0.29) is 30.6 Å². The molecule has 1 aromatic carbocycles. The van der Waals surface area contributed by atoms with Crippen LogP contribution in [0.15, 0.2) is 17.1 Å². The minimum Gasteiger partial charge on any atom is -0.493 e. The Bertz CT molecular complexity index is 612. The minimum absolute atomic E-state index is 0. The van der Waals surface area contributed by atoms with Crippen molar-refractivity contribution in [2.75, 3.05) is 41.0 Å². The summed E-state index contributed by atoms with van der Waals surface area (Å²) in [5, 5.41) is 16.0. The van der Waals surface area contributed by atoms with Crippen LogP contribution in [0.4, 0.5) is 0 Å². The number of hydrogen-bond acceptors (Lipinski definition) is 5. The van der Waals surface area contributed by atoms with Crippen LogP contribution in [0.5, 0.6) is 17.2 Å². The fourth-order valence-corrected chi connectivity index (χ4v) is 3.19. The van der Waals surface area contributed by atoms with E-state index in [1.54, 1.807) is 21.3 Å². The van der Waals surface area contributed by atoms with E-state index in [1.807, 2.05) is 19.1 Å². The molecular formula is C21H38IN3O4. The van der Waals surface area contributed by atoms with Crippen molar-refractivity contribution in [1.29, 1.82) is 0 Å². The minimum atomic E-state index is 0. The highest BCUT2D eigenvalue weighted by atomic mass is 127. The zero-order valence-electron chi connectivity index (χ0n) is 18.6. The molecule has 0 bridgehead atoms. The van der Waals surface area contributed by atoms with Gasteiger partial charge < -0.3 is 30.0 Å². The molecule has 0 aliphatic carbocycles. The van der Waals surface area contributed by atoms with Crippen LogP contribution in [-0.4, -0.2) is 52.1 Å². The second kappa shape index (κ2) is 15.4. The summed E-state index contributed by atoms with van der Waals surface area (Å²) in [6, 6.07) is 3.78. The fourth-order valence-electron chi connectivity index (χ4n) is 3.19. The average Bonchev–Trinajstić information content (AvgIpc) is 2.68. The van der Waals surface area contributed by atoms with Crippen molar-refractivity contribution in [3.05, 3.63) is 17.7 Å². The van der Waals surface area contributed by atoms with E-state index >= 15 is 0 Å². The molecule has 0 saturated heterocycles. The highest BCUT2D eigenvalue weighted by Gasteiger charge is 2.16. The van der Waals surface area contributed by atoms with Gasteiger partial charge in [0.2, 0.25) is 5.75 Å². The third kappa shape index (κ3) is 9.29. The number of nitrogens with one attached hydrogen (secondary N) is 2. The number of aliphatic hydroxyl groups is 1. The number of ether oxygens (including phenoxy) is 3. The first-order valence-corrected chi connectivity index (χ1v) is 9.91. The van der Waals surface area contributed by atoms with Crippen LogP contribution in [-0.2, 0) is 6.54 Å². The van der Waals surface area contributed by atoms with E-state index in [9.17, 15) is 5.11 Å². The third-order valence-electron chi connectivity index (χ3n) is 4.44. The van der Waals surface area contributed by atoms with Crippen molar-refractivity contribution >= 4 is 29.9 Å².